The topological polar surface area (TPSA) is 66.5 Å². The summed E-state index contributed by atoms with van der Waals surface area (Å²) >= 11 is 0. The van der Waals surface area contributed by atoms with E-state index < -0.39 is 21.9 Å². The largest absolute Gasteiger partial charge is 0.338 e. The standard InChI is InChI=1S/C14H17FN2O3S/c1-9-6-10(15)2-5-13(9)21(19,20)16-11-7-14(18)17(8-11)12-3-4-12/h2,5-6,11-12,16H,3-4,7-8H2,1H3. The number of benzene rings is 1. The van der Waals surface area contributed by atoms with Gasteiger partial charge in [0.25, 0.3) is 0 Å². The third-order valence-electron chi connectivity index (χ3n) is 3.89. The maximum absolute atomic E-state index is 13.1. The van der Waals surface area contributed by atoms with Crippen LogP contribution in [0.4, 0.5) is 4.39 Å². The molecule has 1 aromatic carbocycles. The van der Waals surface area contributed by atoms with Crippen LogP contribution in [0, 0.1) is 12.7 Å². The van der Waals surface area contributed by atoms with Gasteiger partial charge < -0.3 is 4.90 Å². The number of hydrogen-bond acceptors (Lipinski definition) is 3. The maximum Gasteiger partial charge on any atom is 0.241 e. The van der Waals surface area contributed by atoms with Crippen LogP contribution in [0.25, 0.3) is 0 Å². The van der Waals surface area contributed by atoms with Gasteiger partial charge in [-0.3, -0.25) is 4.79 Å². The first-order chi connectivity index (χ1) is 9.87. The van der Waals surface area contributed by atoms with E-state index in [0.717, 1.165) is 18.9 Å². The quantitative estimate of drug-likeness (QED) is 0.908. The zero-order valence-corrected chi connectivity index (χ0v) is 12.5. The van der Waals surface area contributed by atoms with E-state index >= 15 is 0 Å². The van der Waals surface area contributed by atoms with Crippen LogP contribution >= 0.6 is 0 Å². The van der Waals surface area contributed by atoms with Crippen molar-refractivity contribution in [2.45, 2.75) is 43.2 Å². The lowest BCUT2D eigenvalue weighted by Gasteiger charge is -2.16. The molecule has 7 heteroatoms. The molecule has 1 aromatic rings. The minimum absolute atomic E-state index is 0.000952. The summed E-state index contributed by atoms with van der Waals surface area (Å²) in [6.45, 7) is 1.97. The second kappa shape index (κ2) is 5.06. The fraction of sp³-hybridized carbons (Fsp3) is 0.500. The number of nitrogens with zero attached hydrogens (tertiary/aromatic N) is 1. The number of sulfonamides is 1. The molecule has 2 aliphatic rings. The number of halogens is 1. The van der Waals surface area contributed by atoms with E-state index in [1.54, 1.807) is 11.8 Å². The average molecular weight is 312 g/mol. The van der Waals surface area contributed by atoms with Gasteiger partial charge in [-0.1, -0.05) is 0 Å². The predicted molar refractivity (Wildman–Crippen MR) is 74.6 cm³/mol. The van der Waals surface area contributed by atoms with Crippen LogP contribution < -0.4 is 4.72 Å². The van der Waals surface area contributed by atoms with Gasteiger partial charge in [-0.15, -0.1) is 0 Å². The summed E-state index contributed by atoms with van der Waals surface area (Å²) in [5.41, 5.74) is 0.353. The van der Waals surface area contributed by atoms with Gasteiger partial charge in [-0.25, -0.2) is 17.5 Å². The molecule has 5 nitrogen and oxygen atoms in total. The van der Waals surface area contributed by atoms with Crippen molar-refractivity contribution in [3.63, 3.8) is 0 Å². The van der Waals surface area contributed by atoms with Crippen LogP contribution in [0.5, 0.6) is 0 Å². The third kappa shape index (κ3) is 2.94. The Morgan fingerprint density at radius 2 is 2.05 bits per heavy atom. The van der Waals surface area contributed by atoms with E-state index in [2.05, 4.69) is 4.72 Å². The summed E-state index contributed by atoms with van der Waals surface area (Å²) in [6, 6.07) is 3.44. The monoisotopic (exact) mass is 312 g/mol. The number of carbonyl (C=O) groups excluding carboxylic acids is 1. The molecule has 1 aliphatic carbocycles. The average Bonchev–Trinajstić information content (AvgIpc) is 3.13. The summed E-state index contributed by atoms with van der Waals surface area (Å²) in [6.07, 6.45) is 2.19. The summed E-state index contributed by atoms with van der Waals surface area (Å²) < 4.78 is 40.3. The molecular formula is C14H17FN2O3S. The Morgan fingerprint density at radius 3 is 2.67 bits per heavy atom. The Morgan fingerprint density at radius 1 is 1.33 bits per heavy atom. The molecule has 114 valence electrons. The van der Waals surface area contributed by atoms with Gasteiger partial charge in [-0.05, 0) is 43.5 Å². The van der Waals surface area contributed by atoms with Gasteiger partial charge in [0.15, 0.2) is 0 Å². The van der Waals surface area contributed by atoms with Gasteiger partial charge in [-0.2, -0.15) is 0 Å². The molecule has 1 heterocycles. The van der Waals surface area contributed by atoms with Crippen molar-refractivity contribution >= 4 is 15.9 Å². The SMILES string of the molecule is Cc1cc(F)ccc1S(=O)(=O)NC1CC(=O)N(C2CC2)C1. The number of nitrogens with one attached hydrogen (secondary N) is 1. The van der Waals surface area contributed by atoms with E-state index in [4.69, 9.17) is 0 Å². The number of hydrogen-bond donors (Lipinski definition) is 1. The molecule has 0 aromatic heterocycles. The van der Waals surface area contributed by atoms with E-state index in [9.17, 15) is 17.6 Å². The van der Waals surface area contributed by atoms with Crippen molar-refractivity contribution in [2.24, 2.45) is 0 Å². The third-order valence-corrected chi connectivity index (χ3v) is 5.58. The first-order valence-electron chi connectivity index (χ1n) is 6.95. The van der Waals surface area contributed by atoms with E-state index in [1.165, 1.54) is 12.1 Å². The number of amides is 1. The Kier molecular flexibility index (Phi) is 3.49. The molecule has 1 aliphatic heterocycles. The van der Waals surface area contributed by atoms with Crippen molar-refractivity contribution in [2.75, 3.05) is 6.54 Å². The van der Waals surface area contributed by atoms with Gasteiger partial charge in [0.2, 0.25) is 15.9 Å². The highest BCUT2D eigenvalue weighted by Crippen LogP contribution is 2.31. The molecule has 0 radical (unpaired) electrons. The summed E-state index contributed by atoms with van der Waals surface area (Å²) in [4.78, 5) is 13.7. The van der Waals surface area contributed by atoms with Crippen molar-refractivity contribution in [3.8, 4) is 0 Å². The molecule has 0 bridgehead atoms. The van der Waals surface area contributed by atoms with Crippen molar-refractivity contribution in [1.29, 1.82) is 0 Å². The molecule has 1 amide bonds. The Bertz CT molecular complexity index is 685. The lowest BCUT2D eigenvalue weighted by atomic mass is 10.2. The predicted octanol–water partition coefficient (Wildman–Crippen LogP) is 1.18. The minimum atomic E-state index is -3.74. The first-order valence-corrected chi connectivity index (χ1v) is 8.43. The molecule has 1 N–H and O–H groups in total. The Balaban J connectivity index is 1.76. The Labute approximate surface area is 123 Å². The minimum Gasteiger partial charge on any atom is -0.338 e. The zero-order valence-electron chi connectivity index (χ0n) is 11.7. The van der Waals surface area contributed by atoms with Crippen LogP contribution in [0.2, 0.25) is 0 Å². The van der Waals surface area contributed by atoms with Crippen LogP contribution in [-0.2, 0) is 14.8 Å². The fourth-order valence-corrected chi connectivity index (χ4v) is 4.20. The summed E-state index contributed by atoms with van der Waals surface area (Å²) in [5, 5.41) is 0. The summed E-state index contributed by atoms with van der Waals surface area (Å²) in [5.74, 6) is -0.469. The molecule has 3 rings (SSSR count). The number of rotatable bonds is 4. The van der Waals surface area contributed by atoms with Gasteiger partial charge >= 0.3 is 0 Å². The normalized spacial score (nSPS) is 22.9. The number of carbonyl (C=O) groups is 1. The first kappa shape index (κ1) is 14.5. The van der Waals surface area contributed by atoms with Crippen molar-refractivity contribution in [1.82, 2.24) is 9.62 Å². The van der Waals surface area contributed by atoms with E-state index in [0.29, 0.717) is 18.2 Å². The van der Waals surface area contributed by atoms with Crippen molar-refractivity contribution < 1.29 is 17.6 Å². The molecular weight excluding hydrogens is 295 g/mol. The molecule has 1 unspecified atom stereocenters. The highest BCUT2D eigenvalue weighted by Gasteiger charge is 2.40. The van der Waals surface area contributed by atoms with Crippen molar-refractivity contribution in [3.05, 3.63) is 29.6 Å². The van der Waals surface area contributed by atoms with Crippen LogP contribution in [-0.4, -0.2) is 37.9 Å². The van der Waals surface area contributed by atoms with Crippen LogP contribution in [0.3, 0.4) is 0 Å². The highest BCUT2D eigenvalue weighted by molar-refractivity contribution is 7.89. The smallest absolute Gasteiger partial charge is 0.241 e. The molecule has 1 saturated heterocycles. The molecule has 0 spiro atoms. The second-order valence-corrected chi connectivity index (χ2v) is 7.39. The van der Waals surface area contributed by atoms with Gasteiger partial charge in [0.1, 0.15) is 5.82 Å². The molecule has 1 atom stereocenters. The maximum atomic E-state index is 13.1. The number of aryl methyl sites for hydroxylation is 1. The van der Waals surface area contributed by atoms with E-state index in [1.807, 2.05) is 0 Å². The molecule has 21 heavy (non-hydrogen) atoms. The van der Waals surface area contributed by atoms with E-state index in [-0.39, 0.29) is 17.2 Å². The second-order valence-electron chi connectivity index (χ2n) is 5.71. The number of likely N-dealkylation sites (tertiary alicyclic amines) is 1. The fourth-order valence-electron chi connectivity index (χ4n) is 2.75. The van der Waals surface area contributed by atoms with Gasteiger partial charge in [0.05, 0.1) is 4.90 Å². The summed E-state index contributed by atoms with van der Waals surface area (Å²) in [7, 11) is -3.74. The lowest BCUT2D eigenvalue weighted by Crippen LogP contribution is -2.37. The van der Waals surface area contributed by atoms with Gasteiger partial charge in [0, 0.05) is 25.0 Å². The van der Waals surface area contributed by atoms with Crippen LogP contribution in [0.15, 0.2) is 23.1 Å². The Hall–Kier alpha value is -1.47. The highest BCUT2D eigenvalue weighted by atomic mass is 32.2. The zero-order chi connectivity index (χ0) is 15.2. The molecule has 1 saturated carbocycles. The molecule has 2 fully saturated rings. The lowest BCUT2D eigenvalue weighted by molar-refractivity contribution is -0.128. The van der Waals surface area contributed by atoms with Crippen LogP contribution in [0.1, 0.15) is 24.8 Å².